The number of hydrogen-bond acceptors (Lipinski definition) is 8. The average Bonchev–Trinajstić information content (AvgIpc) is 3.89. The Morgan fingerprint density at radius 3 is 2.57 bits per heavy atom. The number of hydrogen-bond donors (Lipinski definition) is 2. The number of carbonyl (C=O) groups excluding carboxylic acids is 2. The maximum absolute atomic E-state index is 14.3. The van der Waals surface area contributed by atoms with E-state index < -0.39 is 17.1 Å². The first-order valence-electron chi connectivity index (χ1n) is 18.4. The van der Waals surface area contributed by atoms with Crippen LogP contribution in [0.2, 0.25) is 0 Å². The highest BCUT2D eigenvalue weighted by atomic mass is 16.5. The van der Waals surface area contributed by atoms with E-state index in [4.69, 9.17) is 18.6 Å². The number of nitrogens with zero attached hydrogens (tertiary/aromatic N) is 1. The van der Waals surface area contributed by atoms with Crippen LogP contribution < -0.4 is 9.47 Å². The molecule has 5 atom stereocenters. The van der Waals surface area contributed by atoms with E-state index >= 15 is 0 Å². The van der Waals surface area contributed by atoms with Gasteiger partial charge in [-0.1, -0.05) is 36.8 Å². The summed E-state index contributed by atoms with van der Waals surface area (Å²) in [4.78, 5) is 30.1. The molecule has 2 fully saturated rings. The van der Waals surface area contributed by atoms with Crippen molar-refractivity contribution in [2.24, 2.45) is 5.41 Å². The number of allylic oxidation sites excluding steroid dienone is 2. The van der Waals surface area contributed by atoms with Crippen molar-refractivity contribution in [2.75, 3.05) is 33.9 Å². The van der Waals surface area contributed by atoms with Crippen LogP contribution >= 0.6 is 0 Å². The lowest BCUT2D eigenvalue weighted by Crippen LogP contribution is -2.55. The van der Waals surface area contributed by atoms with Crippen LogP contribution in [-0.4, -0.2) is 78.5 Å². The topological polar surface area (TPSA) is 119 Å². The molecule has 0 spiro atoms. The van der Waals surface area contributed by atoms with Gasteiger partial charge in [-0.3, -0.25) is 9.59 Å². The Bertz CT molecular complexity index is 1710. The van der Waals surface area contributed by atoms with E-state index in [1.54, 1.807) is 32.4 Å². The quantitative estimate of drug-likeness (QED) is 0.175. The largest absolute Gasteiger partial charge is 0.493 e. The monoisotopic (exact) mass is 699 g/mol. The van der Waals surface area contributed by atoms with Gasteiger partial charge in [0.05, 0.1) is 51.3 Å². The van der Waals surface area contributed by atoms with Crippen molar-refractivity contribution in [2.45, 2.75) is 102 Å². The number of ether oxygens (including phenoxy) is 3. The molecule has 4 aliphatic rings. The van der Waals surface area contributed by atoms with Crippen LogP contribution in [0.4, 0.5) is 0 Å². The molecule has 1 aromatic heterocycles. The molecule has 2 N–H and O–H groups in total. The number of fused-ring (bicyclic) bond motifs is 8. The number of aliphatic hydroxyl groups excluding tert-OH is 1. The Morgan fingerprint density at radius 1 is 1.02 bits per heavy atom. The van der Waals surface area contributed by atoms with Crippen molar-refractivity contribution in [3.63, 3.8) is 0 Å². The predicted octanol–water partition coefficient (Wildman–Crippen LogP) is 6.82. The van der Waals surface area contributed by atoms with E-state index in [1.165, 1.54) is 11.8 Å². The van der Waals surface area contributed by atoms with Gasteiger partial charge in [0.25, 0.3) is 0 Å². The second-order valence-corrected chi connectivity index (χ2v) is 15.0. The number of amides is 1. The van der Waals surface area contributed by atoms with Crippen molar-refractivity contribution >= 4 is 11.7 Å². The zero-order valence-electron chi connectivity index (χ0n) is 30.5. The predicted molar refractivity (Wildman–Crippen MR) is 194 cm³/mol. The number of methoxy groups -OCH3 is 2. The summed E-state index contributed by atoms with van der Waals surface area (Å²) in [6, 6.07) is 14.8. The van der Waals surface area contributed by atoms with Crippen LogP contribution in [0.25, 0.3) is 0 Å². The molecule has 274 valence electrons. The number of benzene rings is 2. The zero-order chi connectivity index (χ0) is 36.2. The fourth-order valence-electron chi connectivity index (χ4n) is 8.62. The van der Waals surface area contributed by atoms with Gasteiger partial charge >= 0.3 is 0 Å². The first-order valence-corrected chi connectivity index (χ1v) is 18.4. The standard InChI is InChI=1S/C42H53NO8/c1-28-8-5-18-41(2)35(33-15-12-29(22-31(44)14-11-28)23-34(33)40(46)37-10-7-21-51-37)17-19-42(41,47)27-43(26-32-9-6-20-50-32)39(45)25-30-13-16-36(48-3)38(24-30)49-4/h7-8,10,12-13,15-16,21,23-24,31-32,35,44,47H,5-6,9,11,14,17-20,22,25-27H2,1-4H3. The van der Waals surface area contributed by atoms with Gasteiger partial charge in [0.2, 0.25) is 11.7 Å². The Balaban J connectivity index is 1.37. The molecule has 5 unspecified atom stereocenters. The summed E-state index contributed by atoms with van der Waals surface area (Å²) in [6.45, 7) is 5.45. The minimum absolute atomic E-state index is 0.0913. The van der Waals surface area contributed by atoms with Crippen LogP contribution in [0.5, 0.6) is 11.5 Å². The molecule has 9 heteroatoms. The summed E-state index contributed by atoms with van der Waals surface area (Å²) in [5, 5.41) is 23.9. The lowest BCUT2D eigenvalue weighted by Gasteiger charge is -2.46. The van der Waals surface area contributed by atoms with E-state index in [2.05, 4.69) is 19.9 Å². The van der Waals surface area contributed by atoms with E-state index in [-0.39, 0.29) is 42.4 Å². The Labute approximate surface area is 301 Å². The van der Waals surface area contributed by atoms with Gasteiger partial charge in [0.15, 0.2) is 17.3 Å². The van der Waals surface area contributed by atoms with Crippen molar-refractivity contribution in [3.05, 3.63) is 94.5 Å². The third-order valence-corrected chi connectivity index (χ3v) is 11.7. The first kappa shape index (κ1) is 36.9. The minimum Gasteiger partial charge on any atom is -0.493 e. The summed E-state index contributed by atoms with van der Waals surface area (Å²) in [5.41, 5.74) is 2.36. The number of carbonyl (C=O) groups is 2. The first-order chi connectivity index (χ1) is 24.5. The van der Waals surface area contributed by atoms with E-state index in [0.29, 0.717) is 62.3 Å². The Kier molecular flexibility index (Phi) is 11.4. The van der Waals surface area contributed by atoms with E-state index in [1.807, 2.05) is 35.2 Å². The molecule has 1 saturated heterocycles. The van der Waals surface area contributed by atoms with Gasteiger partial charge < -0.3 is 33.7 Å². The maximum Gasteiger partial charge on any atom is 0.228 e. The molecule has 2 heterocycles. The van der Waals surface area contributed by atoms with Gasteiger partial charge in [0, 0.05) is 24.1 Å². The normalized spacial score (nSPS) is 26.6. The van der Waals surface area contributed by atoms with Crippen LogP contribution in [0.3, 0.4) is 0 Å². The lowest BCUT2D eigenvalue weighted by molar-refractivity contribution is -0.141. The summed E-state index contributed by atoms with van der Waals surface area (Å²) >= 11 is 0. The number of rotatable bonds is 10. The fraction of sp³-hybridized carbons (Fsp3) is 0.524. The van der Waals surface area contributed by atoms with Crippen LogP contribution in [0, 0.1) is 5.41 Å². The Morgan fingerprint density at radius 2 is 1.84 bits per heavy atom. The van der Waals surface area contributed by atoms with Crippen LogP contribution in [0.15, 0.2) is 70.9 Å². The van der Waals surface area contributed by atoms with E-state index in [9.17, 15) is 19.8 Å². The van der Waals surface area contributed by atoms with Gasteiger partial charge in [-0.15, -0.1) is 0 Å². The molecule has 3 aromatic rings. The molecule has 0 radical (unpaired) electrons. The van der Waals surface area contributed by atoms with E-state index in [0.717, 1.165) is 42.4 Å². The summed E-state index contributed by atoms with van der Waals surface area (Å²) < 4.78 is 22.5. The second-order valence-electron chi connectivity index (χ2n) is 15.0. The molecule has 1 saturated carbocycles. The highest BCUT2D eigenvalue weighted by Crippen LogP contribution is 2.59. The molecule has 3 aliphatic carbocycles. The molecular weight excluding hydrogens is 646 g/mol. The van der Waals surface area contributed by atoms with Crippen molar-refractivity contribution in [1.82, 2.24) is 4.90 Å². The SMILES string of the molecule is COc1ccc(CC(=O)N(CC2CCCO2)CC2(O)CCC3c4ccc(cc4C(=O)c4ccco4)CC(O)CCC(C)=CCCC32C)cc1OC. The van der Waals surface area contributed by atoms with Crippen molar-refractivity contribution < 1.29 is 38.4 Å². The Hall–Kier alpha value is -3.92. The van der Waals surface area contributed by atoms with Crippen LogP contribution in [0.1, 0.15) is 104 Å². The lowest BCUT2D eigenvalue weighted by atomic mass is 9.64. The molecule has 51 heavy (non-hydrogen) atoms. The summed E-state index contributed by atoms with van der Waals surface area (Å²) in [5.74, 6) is 0.936. The van der Waals surface area contributed by atoms with Gasteiger partial charge in [-0.2, -0.15) is 0 Å². The molecule has 1 aliphatic heterocycles. The molecule has 9 nitrogen and oxygen atoms in total. The van der Waals surface area contributed by atoms with Gasteiger partial charge in [-0.05, 0) is 118 Å². The number of furan rings is 1. The minimum atomic E-state index is -1.25. The number of aliphatic hydroxyl groups is 2. The van der Waals surface area contributed by atoms with Gasteiger partial charge in [-0.25, -0.2) is 0 Å². The number of ketones is 1. The smallest absolute Gasteiger partial charge is 0.228 e. The third kappa shape index (κ3) is 7.96. The van der Waals surface area contributed by atoms with Crippen LogP contribution in [-0.2, 0) is 22.4 Å². The molecule has 2 aromatic carbocycles. The average molecular weight is 700 g/mol. The summed E-state index contributed by atoms with van der Waals surface area (Å²) in [6.07, 6.45) is 9.37. The molecular formula is C42H53NO8. The third-order valence-electron chi connectivity index (χ3n) is 11.7. The van der Waals surface area contributed by atoms with Crippen molar-refractivity contribution in [3.8, 4) is 11.5 Å². The maximum atomic E-state index is 14.3. The highest BCUT2D eigenvalue weighted by Gasteiger charge is 2.57. The van der Waals surface area contributed by atoms with Gasteiger partial charge in [0.1, 0.15) is 0 Å². The molecule has 1 amide bonds. The fourth-order valence-corrected chi connectivity index (χ4v) is 8.62. The summed E-state index contributed by atoms with van der Waals surface area (Å²) in [7, 11) is 3.16. The zero-order valence-corrected chi connectivity index (χ0v) is 30.5. The van der Waals surface area contributed by atoms with Crippen molar-refractivity contribution in [1.29, 1.82) is 0 Å². The second kappa shape index (κ2) is 15.8. The molecule has 2 bridgehead atoms. The molecule has 7 rings (SSSR count). The highest BCUT2D eigenvalue weighted by molar-refractivity contribution is 6.08.